The van der Waals surface area contributed by atoms with E-state index >= 15 is 0 Å². The SMILES string of the molecule is CCCc1cc(O)ccc1/C(=C(\CC)c1cccc(C)c1)c1ccc(O)cc1C. The van der Waals surface area contributed by atoms with E-state index in [0.29, 0.717) is 5.75 Å². The summed E-state index contributed by atoms with van der Waals surface area (Å²) in [7, 11) is 0. The summed E-state index contributed by atoms with van der Waals surface area (Å²) in [6.45, 7) is 8.50. The Morgan fingerprint density at radius 2 is 1.48 bits per heavy atom. The molecule has 0 saturated carbocycles. The van der Waals surface area contributed by atoms with Crippen molar-refractivity contribution >= 4 is 11.1 Å². The lowest BCUT2D eigenvalue weighted by molar-refractivity contribution is 0.474. The van der Waals surface area contributed by atoms with E-state index < -0.39 is 0 Å². The molecule has 0 amide bonds. The summed E-state index contributed by atoms with van der Waals surface area (Å²) in [5, 5.41) is 20.1. The van der Waals surface area contributed by atoms with Crippen LogP contribution in [0.3, 0.4) is 0 Å². The molecule has 3 aromatic carbocycles. The highest BCUT2D eigenvalue weighted by Crippen LogP contribution is 2.39. The van der Waals surface area contributed by atoms with E-state index in [1.165, 1.54) is 22.3 Å². The summed E-state index contributed by atoms with van der Waals surface area (Å²) >= 11 is 0. The molecule has 0 unspecified atom stereocenters. The van der Waals surface area contributed by atoms with Gasteiger partial charge in [-0.2, -0.15) is 0 Å². The molecule has 150 valence electrons. The van der Waals surface area contributed by atoms with Gasteiger partial charge in [0.15, 0.2) is 0 Å². The molecule has 3 rings (SSSR count). The molecule has 3 aromatic rings. The monoisotopic (exact) mass is 386 g/mol. The predicted octanol–water partition coefficient (Wildman–Crippen LogP) is 7.04. The minimum absolute atomic E-state index is 0.277. The molecule has 0 aliphatic rings. The van der Waals surface area contributed by atoms with Crippen LogP contribution in [-0.2, 0) is 6.42 Å². The lowest BCUT2D eigenvalue weighted by Gasteiger charge is -2.21. The van der Waals surface area contributed by atoms with E-state index in [0.717, 1.165) is 41.5 Å². The van der Waals surface area contributed by atoms with Gasteiger partial charge in [-0.05, 0) is 89.9 Å². The number of hydrogen-bond donors (Lipinski definition) is 2. The van der Waals surface area contributed by atoms with Crippen molar-refractivity contribution in [2.75, 3.05) is 0 Å². The fourth-order valence-electron chi connectivity index (χ4n) is 4.06. The number of aromatic hydroxyl groups is 2. The Morgan fingerprint density at radius 3 is 2.10 bits per heavy atom. The van der Waals surface area contributed by atoms with Gasteiger partial charge in [-0.1, -0.05) is 62.2 Å². The number of phenolic OH excluding ortho intramolecular Hbond substituents is 2. The maximum Gasteiger partial charge on any atom is 0.115 e. The Kier molecular flexibility index (Phi) is 6.43. The van der Waals surface area contributed by atoms with Crippen LogP contribution in [0.4, 0.5) is 0 Å². The van der Waals surface area contributed by atoms with Crippen molar-refractivity contribution in [3.8, 4) is 11.5 Å². The highest BCUT2D eigenvalue weighted by molar-refractivity contribution is 6.00. The third-order valence-corrected chi connectivity index (χ3v) is 5.38. The van der Waals surface area contributed by atoms with Gasteiger partial charge in [-0.15, -0.1) is 0 Å². The van der Waals surface area contributed by atoms with Gasteiger partial charge in [0.25, 0.3) is 0 Å². The summed E-state index contributed by atoms with van der Waals surface area (Å²) in [5.41, 5.74) is 9.34. The molecule has 2 nitrogen and oxygen atoms in total. The fraction of sp³-hybridized carbons (Fsp3) is 0.259. The molecular formula is C27H30O2. The Morgan fingerprint density at radius 1 is 0.793 bits per heavy atom. The zero-order chi connectivity index (χ0) is 21.0. The number of allylic oxidation sites excluding steroid dienone is 1. The maximum absolute atomic E-state index is 10.1. The first kappa shape index (κ1) is 20.7. The van der Waals surface area contributed by atoms with Crippen LogP contribution in [0.2, 0.25) is 0 Å². The van der Waals surface area contributed by atoms with Gasteiger partial charge >= 0.3 is 0 Å². The molecule has 0 radical (unpaired) electrons. The van der Waals surface area contributed by atoms with Gasteiger partial charge in [0.05, 0.1) is 0 Å². The Hall–Kier alpha value is -3.00. The molecule has 0 spiro atoms. The second-order valence-corrected chi connectivity index (χ2v) is 7.67. The van der Waals surface area contributed by atoms with Crippen LogP contribution in [0.25, 0.3) is 11.1 Å². The molecule has 0 aliphatic heterocycles. The van der Waals surface area contributed by atoms with Crippen molar-refractivity contribution in [1.82, 2.24) is 0 Å². The number of benzene rings is 3. The lowest BCUT2D eigenvalue weighted by Crippen LogP contribution is -2.01. The van der Waals surface area contributed by atoms with Crippen molar-refractivity contribution in [3.05, 3.63) is 94.0 Å². The van der Waals surface area contributed by atoms with E-state index in [4.69, 9.17) is 0 Å². The predicted molar refractivity (Wildman–Crippen MR) is 122 cm³/mol. The first-order valence-corrected chi connectivity index (χ1v) is 10.4. The van der Waals surface area contributed by atoms with E-state index in [2.05, 4.69) is 45.0 Å². The molecule has 0 aromatic heterocycles. The average Bonchev–Trinajstić information content (AvgIpc) is 2.68. The van der Waals surface area contributed by atoms with Crippen molar-refractivity contribution in [2.45, 2.75) is 47.0 Å². The number of hydrogen-bond acceptors (Lipinski definition) is 2. The molecule has 0 bridgehead atoms. The Labute approximate surface area is 174 Å². The maximum atomic E-state index is 10.1. The average molecular weight is 387 g/mol. The molecule has 0 atom stereocenters. The van der Waals surface area contributed by atoms with Crippen LogP contribution in [0.1, 0.15) is 60.1 Å². The molecule has 2 N–H and O–H groups in total. The fourth-order valence-corrected chi connectivity index (χ4v) is 4.06. The summed E-state index contributed by atoms with van der Waals surface area (Å²) in [5.74, 6) is 0.575. The summed E-state index contributed by atoms with van der Waals surface area (Å²) in [6, 6.07) is 19.9. The highest BCUT2D eigenvalue weighted by Gasteiger charge is 2.18. The molecule has 0 fully saturated rings. The largest absolute Gasteiger partial charge is 0.508 e. The Balaban J connectivity index is 2.39. The van der Waals surface area contributed by atoms with Gasteiger partial charge in [-0.25, -0.2) is 0 Å². The van der Waals surface area contributed by atoms with Crippen LogP contribution in [-0.4, -0.2) is 10.2 Å². The number of aryl methyl sites for hydroxylation is 3. The van der Waals surface area contributed by atoms with E-state index in [1.807, 2.05) is 31.2 Å². The second-order valence-electron chi connectivity index (χ2n) is 7.67. The van der Waals surface area contributed by atoms with Gasteiger partial charge in [0, 0.05) is 0 Å². The van der Waals surface area contributed by atoms with Gasteiger partial charge < -0.3 is 10.2 Å². The molecule has 0 aliphatic carbocycles. The van der Waals surface area contributed by atoms with Crippen molar-refractivity contribution in [3.63, 3.8) is 0 Å². The summed E-state index contributed by atoms with van der Waals surface area (Å²) in [6.07, 6.45) is 2.78. The van der Waals surface area contributed by atoms with E-state index in [1.54, 1.807) is 12.1 Å². The van der Waals surface area contributed by atoms with Gasteiger partial charge in [0.1, 0.15) is 11.5 Å². The third-order valence-electron chi connectivity index (χ3n) is 5.38. The van der Waals surface area contributed by atoms with E-state index in [9.17, 15) is 10.2 Å². The minimum Gasteiger partial charge on any atom is -0.508 e. The molecular weight excluding hydrogens is 356 g/mol. The second kappa shape index (κ2) is 9.00. The quantitative estimate of drug-likeness (QED) is 0.446. The summed E-state index contributed by atoms with van der Waals surface area (Å²) in [4.78, 5) is 0. The number of phenols is 2. The van der Waals surface area contributed by atoms with Crippen molar-refractivity contribution < 1.29 is 10.2 Å². The highest BCUT2D eigenvalue weighted by atomic mass is 16.3. The first-order chi connectivity index (χ1) is 13.9. The molecule has 0 saturated heterocycles. The standard InChI is InChI=1S/C27H30O2/c1-5-8-20-17-23(29)12-14-26(20)27(25-13-11-22(28)16-19(25)4)24(6-2)21-10-7-9-18(3)15-21/h7,9-17,28-29H,5-6,8H2,1-4H3/b27-24+. The molecule has 29 heavy (non-hydrogen) atoms. The number of rotatable bonds is 6. The van der Waals surface area contributed by atoms with Crippen LogP contribution < -0.4 is 0 Å². The Bertz CT molecular complexity index is 1040. The zero-order valence-electron chi connectivity index (χ0n) is 17.8. The van der Waals surface area contributed by atoms with Crippen molar-refractivity contribution in [1.29, 1.82) is 0 Å². The molecule has 0 heterocycles. The van der Waals surface area contributed by atoms with Crippen LogP contribution >= 0.6 is 0 Å². The summed E-state index contributed by atoms with van der Waals surface area (Å²) < 4.78 is 0. The van der Waals surface area contributed by atoms with Crippen LogP contribution in [0.5, 0.6) is 11.5 Å². The van der Waals surface area contributed by atoms with Gasteiger partial charge in [0.2, 0.25) is 0 Å². The van der Waals surface area contributed by atoms with E-state index in [-0.39, 0.29) is 5.75 Å². The zero-order valence-corrected chi connectivity index (χ0v) is 17.8. The van der Waals surface area contributed by atoms with Gasteiger partial charge in [-0.3, -0.25) is 0 Å². The third kappa shape index (κ3) is 4.54. The first-order valence-electron chi connectivity index (χ1n) is 10.4. The lowest BCUT2D eigenvalue weighted by atomic mass is 9.83. The normalized spacial score (nSPS) is 12.0. The topological polar surface area (TPSA) is 40.5 Å². The van der Waals surface area contributed by atoms with Crippen molar-refractivity contribution in [2.24, 2.45) is 0 Å². The minimum atomic E-state index is 0.277. The molecule has 2 heteroatoms. The van der Waals surface area contributed by atoms with Crippen LogP contribution in [0, 0.1) is 13.8 Å². The van der Waals surface area contributed by atoms with Crippen LogP contribution in [0.15, 0.2) is 60.7 Å². The smallest absolute Gasteiger partial charge is 0.115 e.